The van der Waals surface area contributed by atoms with Gasteiger partial charge in [0, 0.05) is 25.8 Å². The molecule has 0 saturated carbocycles. The molecular weight excluding hydrogens is 523 g/mol. The number of aliphatic imine (C=N–C) groups is 1. The summed E-state index contributed by atoms with van der Waals surface area (Å²) in [6.45, 7) is 9.93. The number of hydrogen-bond acceptors (Lipinski definition) is 5. The minimum atomic E-state index is -0.492. The van der Waals surface area contributed by atoms with Crippen molar-refractivity contribution in [1.29, 1.82) is 0 Å². The normalized spacial score (nSPS) is 11.3. The number of nitrogens with zero attached hydrogens (tertiary/aromatic N) is 3. The molecule has 9 nitrogen and oxygen atoms in total. The SMILES string of the molecule is CCNC(=NCc1ccn(-c2ccc(OC)cc2)n1)NCCCNC(=O)OC(C)(C)C.I. The van der Waals surface area contributed by atoms with E-state index in [1.165, 1.54) is 0 Å². The average molecular weight is 558 g/mol. The Morgan fingerprint density at radius 3 is 2.41 bits per heavy atom. The standard InChI is InChI=1S/C22H34N6O3.HI/c1-6-23-20(24-13-7-14-25-21(29)31-22(2,3)4)26-16-17-12-15-28(27-17)18-8-10-19(30-5)11-9-18;/h8-12,15H,6-7,13-14,16H2,1-5H3,(H,25,29)(H2,23,24,26);1H. The zero-order valence-electron chi connectivity index (χ0n) is 19.5. The van der Waals surface area contributed by atoms with Gasteiger partial charge in [-0.1, -0.05) is 0 Å². The number of nitrogens with one attached hydrogen (secondary N) is 3. The van der Waals surface area contributed by atoms with Crippen LogP contribution in [0.4, 0.5) is 4.79 Å². The van der Waals surface area contributed by atoms with E-state index in [0.29, 0.717) is 25.6 Å². The largest absolute Gasteiger partial charge is 0.497 e. The first kappa shape index (κ1) is 27.5. The third-order valence-corrected chi connectivity index (χ3v) is 4.04. The zero-order valence-corrected chi connectivity index (χ0v) is 21.8. The summed E-state index contributed by atoms with van der Waals surface area (Å²) in [4.78, 5) is 16.2. The number of benzene rings is 1. The van der Waals surface area contributed by atoms with Crippen LogP contribution in [0, 0.1) is 0 Å². The maximum atomic E-state index is 11.6. The Bertz CT molecular complexity index is 846. The van der Waals surface area contributed by atoms with Crippen LogP contribution >= 0.6 is 24.0 Å². The second-order valence-electron chi connectivity index (χ2n) is 7.85. The van der Waals surface area contributed by atoms with Gasteiger partial charge in [0.05, 0.1) is 25.0 Å². The van der Waals surface area contributed by atoms with E-state index in [-0.39, 0.29) is 24.0 Å². The predicted molar refractivity (Wildman–Crippen MR) is 137 cm³/mol. The van der Waals surface area contributed by atoms with Gasteiger partial charge in [0.2, 0.25) is 0 Å². The number of ether oxygens (including phenoxy) is 2. The highest BCUT2D eigenvalue weighted by Gasteiger charge is 2.15. The molecule has 0 unspecified atom stereocenters. The number of methoxy groups -OCH3 is 1. The summed E-state index contributed by atoms with van der Waals surface area (Å²) in [7, 11) is 1.65. The lowest BCUT2D eigenvalue weighted by molar-refractivity contribution is 0.0527. The molecule has 1 heterocycles. The molecule has 0 radical (unpaired) electrons. The highest BCUT2D eigenvalue weighted by atomic mass is 127. The average Bonchev–Trinajstić information content (AvgIpc) is 3.19. The van der Waals surface area contributed by atoms with Crippen molar-refractivity contribution in [2.24, 2.45) is 4.99 Å². The maximum absolute atomic E-state index is 11.6. The van der Waals surface area contributed by atoms with Crippen LogP contribution in [0.25, 0.3) is 5.69 Å². The Morgan fingerprint density at radius 2 is 1.78 bits per heavy atom. The van der Waals surface area contributed by atoms with Crippen LogP contribution < -0.4 is 20.7 Å². The van der Waals surface area contributed by atoms with Gasteiger partial charge in [-0.25, -0.2) is 14.5 Å². The molecule has 32 heavy (non-hydrogen) atoms. The van der Waals surface area contributed by atoms with Crippen LogP contribution in [0.15, 0.2) is 41.5 Å². The molecule has 2 rings (SSSR count). The second-order valence-corrected chi connectivity index (χ2v) is 7.85. The summed E-state index contributed by atoms with van der Waals surface area (Å²) in [6, 6.07) is 9.66. The topological polar surface area (TPSA) is 102 Å². The number of amides is 1. The Balaban J connectivity index is 0.00000512. The van der Waals surface area contributed by atoms with Crippen molar-refractivity contribution >= 4 is 36.0 Å². The van der Waals surface area contributed by atoms with Crippen LogP contribution in [0.1, 0.15) is 39.8 Å². The summed E-state index contributed by atoms with van der Waals surface area (Å²) < 4.78 is 12.2. The Morgan fingerprint density at radius 1 is 1.09 bits per heavy atom. The summed E-state index contributed by atoms with van der Waals surface area (Å²) in [5.41, 5.74) is 1.33. The fraction of sp³-hybridized carbons (Fsp3) is 0.500. The second kappa shape index (κ2) is 13.8. The van der Waals surface area contributed by atoms with E-state index < -0.39 is 11.7 Å². The van der Waals surface area contributed by atoms with Crippen molar-refractivity contribution in [3.05, 3.63) is 42.2 Å². The first-order valence-electron chi connectivity index (χ1n) is 10.5. The van der Waals surface area contributed by atoms with Gasteiger partial charge in [-0.3, -0.25) is 0 Å². The van der Waals surface area contributed by atoms with E-state index in [9.17, 15) is 4.79 Å². The number of rotatable bonds is 9. The molecule has 178 valence electrons. The Kier molecular flexibility index (Phi) is 11.9. The van der Waals surface area contributed by atoms with Crippen molar-refractivity contribution in [3.8, 4) is 11.4 Å². The van der Waals surface area contributed by atoms with Gasteiger partial charge < -0.3 is 25.4 Å². The minimum absolute atomic E-state index is 0. The molecule has 1 aromatic carbocycles. The van der Waals surface area contributed by atoms with Gasteiger partial charge in [-0.15, -0.1) is 24.0 Å². The number of halogens is 1. The van der Waals surface area contributed by atoms with Crippen LogP contribution in [-0.2, 0) is 11.3 Å². The van der Waals surface area contributed by atoms with Crippen molar-refractivity contribution < 1.29 is 14.3 Å². The molecule has 0 fully saturated rings. The van der Waals surface area contributed by atoms with E-state index in [4.69, 9.17) is 9.47 Å². The molecule has 3 N–H and O–H groups in total. The zero-order chi connectivity index (χ0) is 22.7. The van der Waals surface area contributed by atoms with E-state index in [0.717, 1.165) is 30.1 Å². The summed E-state index contributed by atoms with van der Waals surface area (Å²) in [6.07, 6.45) is 2.26. The Hall–Kier alpha value is -2.50. The van der Waals surface area contributed by atoms with Crippen LogP contribution in [0.2, 0.25) is 0 Å². The van der Waals surface area contributed by atoms with E-state index >= 15 is 0 Å². The number of guanidine groups is 1. The molecule has 0 aliphatic heterocycles. The van der Waals surface area contributed by atoms with Gasteiger partial charge >= 0.3 is 6.09 Å². The Labute approximate surface area is 207 Å². The number of hydrogen-bond donors (Lipinski definition) is 3. The van der Waals surface area contributed by atoms with Crippen molar-refractivity contribution in [3.63, 3.8) is 0 Å². The molecule has 0 saturated heterocycles. The number of carbonyl (C=O) groups excluding carboxylic acids is 1. The lowest BCUT2D eigenvalue weighted by Crippen LogP contribution is -2.39. The van der Waals surface area contributed by atoms with Crippen LogP contribution in [0.3, 0.4) is 0 Å². The third kappa shape index (κ3) is 10.2. The van der Waals surface area contributed by atoms with Crippen molar-refractivity contribution in [1.82, 2.24) is 25.7 Å². The molecule has 0 spiro atoms. The van der Waals surface area contributed by atoms with Crippen LogP contribution in [-0.4, -0.2) is 54.2 Å². The fourth-order valence-corrected chi connectivity index (χ4v) is 2.63. The van der Waals surface area contributed by atoms with Gasteiger partial charge in [0.25, 0.3) is 0 Å². The summed E-state index contributed by atoms with van der Waals surface area (Å²) in [5.74, 6) is 1.52. The van der Waals surface area contributed by atoms with E-state index in [2.05, 4.69) is 26.0 Å². The molecular formula is C22H35IN6O3. The molecule has 2 aromatic rings. The summed E-state index contributed by atoms with van der Waals surface area (Å²) in [5, 5.41) is 13.8. The van der Waals surface area contributed by atoms with Gasteiger partial charge in [0.1, 0.15) is 11.4 Å². The maximum Gasteiger partial charge on any atom is 0.407 e. The molecule has 0 aliphatic rings. The first-order valence-corrected chi connectivity index (χ1v) is 10.5. The monoisotopic (exact) mass is 558 g/mol. The third-order valence-electron chi connectivity index (χ3n) is 4.04. The molecule has 0 bridgehead atoms. The van der Waals surface area contributed by atoms with Gasteiger partial charge in [-0.05, 0) is 64.4 Å². The highest BCUT2D eigenvalue weighted by Crippen LogP contribution is 2.14. The van der Waals surface area contributed by atoms with E-state index in [1.54, 1.807) is 7.11 Å². The fourth-order valence-electron chi connectivity index (χ4n) is 2.63. The molecule has 0 aliphatic carbocycles. The minimum Gasteiger partial charge on any atom is -0.497 e. The summed E-state index contributed by atoms with van der Waals surface area (Å²) >= 11 is 0. The number of alkyl carbamates (subject to hydrolysis) is 1. The lowest BCUT2D eigenvalue weighted by atomic mass is 10.2. The van der Waals surface area contributed by atoms with Crippen LogP contribution in [0.5, 0.6) is 5.75 Å². The van der Waals surface area contributed by atoms with Gasteiger partial charge in [-0.2, -0.15) is 5.10 Å². The highest BCUT2D eigenvalue weighted by molar-refractivity contribution is 14.0. The number of aromatic nitrogens is 2. The lowest BCUT2D eigenvalue weighted by Gasteiger charge is -2.19. The first-order chi connectivity index (χ1) is 14.8. The van der Waals surface area contributed by atoms with E-state index in [1.807, 2.05) is 68.9 Å². The molecule has 1 aromatic heterocycles. The number of carbonyl (C=O) groups is 1. The van der Waals surface area contributed by atoms with Crippen molar-refractivity contribution in [2.45, 2.75) is 46.3 Å². The molecule has 10 heteroatoms. The molecule has 1 amide bonds. The predicted octanol–water partition coefficient (Wildman–Crippen LogP) is 3.47. The van der Waals surface area contributed by atoms with Gasteiger partial charge in [0.15, 0.2) is 5.96 Å². The van der Waals surface area contributed by atoms with Crippen molar-refractivity contribution in [2.75, 3.05) is 26.7 Å². The smallest absolute Gasteiger partial charge is 0.407 e. The quantitative estimate of drug-likeness (QED) is 0.189. The molecule has 0 atom stereocenters.